The Bertz CT molecular complexity index is 326. The third-order valence-electron chi connectivity index (χ3n) is 2.85. The number of anilines is 1. The van der Waals surface area contributed by atoms with Crippen molar-refractivity contribution in [1.82, 2.24) is 15.3 Å². The Morgan fingerprint density at radius 3 is 2.93 bits per heavy atom. The van der Waals surface area contributed by atoms with Gasteiger partial charge in [0.15, 0.2) is 0 Å². The average molecular weight is 206 g/mol. The molecule has 2 heterocycles. The lowest BCUT2D eigenvalue weighted by atomic mass is 10.0. The summed E-state index contributed by atoms with van der Waals surface area (Å²) >= 11 is 0. The summed E-state index contributed by atoms with van der Waals surface area (Å²) in [7, 11) is 0. The molecule has 1 aliphatic heterocycles. The monoisotopic (exact) mass is 206 g/mol. The van der Waals surface area contributed by atoms with Crippen LogP contribution in [-0.4, -0.2) is 28.6 Å². The Kier molecular flexibility index (Phi) is 3.16. The SMILES string of the molecule is Cc1nccnc1NC1CCNC(C)C1. The second kappa shape index (κ2) is 4.57. The minimum atomic E-state index is 0.525. The van der Waals surface area contributed by atoms with Crippen molar-refractivity contribution in [3.05, 3.63) is 18.1 Å². The number of nitrogens with zero attached hydrogens (tertiary/aromatic N) is 2. The van der Waals surface area contributed by atoms with E-state index in [0.29, 0.717) is 12.1 Å². The Morgan fingerprint density at radius 2 is 2.20 bits per heavy atom. The van der Waals surface area contributed by atoms with E-state index in [9.17, 15) is 0 Å². The quantitative estimate of drug-likeness (QED) is 0.766. The van der Waals surface area contributed by atoms with E-state index in [0.717, 1.165) is 30.9 Å². The zero-order chi connectivity index (χ0) is 10.7. The van der Waals surface area contributed by atoms with E-state index in [1.165, 1.54) is 0 Å². The zero-order valence-corrected chi connectivity index (χ0v) is 9.33. The molecule has 0 saturated carbocycles. The number of hydrogen-bond donors (Lipinski definition) is 2. The molecule has 82 valence electrons. The average Bonchev–Trinajstić information content (AvgIpc) is 2.22. The smallest absolute Gasteiger partial charge is 0.147 e. The highest BCUT2D eigenvalue weighted by atomic mass is 15.1. The molecule has 0 spiro atoms. The molecule has 0 aliphatic carbocycles. The maximum Gasteiger partial charge on any atom is 0.147 e. The van der Waals surface area contributed by atoms with E-state index < -0.39 is 0 Å². The van der Waals surface area contributed by atoms with E-state index >= 15 is 0 Å². The molecule has 1 aromatic rings. The summed E-state index contributed by atoms with van der Waals surface area (Å²) in [6.45, 7) is 5.29. The van der Waals surface area contributed by atoms with E-state index in [1.807, 2.05) is 6.92 Å². The summed E-state index contributed by atoms with van der Waals surface area (Å²) in [5.41, 5.74) is 0.976. The maximum atomic E-state index is 4.30. The fourth-order valence-electron chi connectivity index (χ4n) is 2.01. The lowest BCUT2D eigenvalue weighted by Gasteiger charge is -2.29. The van der Waals surface area contributed by atoms with E-state index in [-0.39, 0.29) is 0 Å². The molecule has 2 rings (SSSR count). The maximum absolute atomic E-state index is 4.30. The van der Waals surface area contributed by atoms with E-state index in [1.54, 1.807) is 12.4 Å². The number of hydrogen-bond acceptors (Lipinski definition) is 4. The summed E-state index contributed by atoms with van der Waals surface area (Å²) in [6, 6.07) is 1.12. The first-order valence-electron chi connectivity index (χ1n) is 5.53. The molecule has 4 heteroatoms. The van der Waals surface area contributed by atoms with Gasteiger partial charge in [-0.1, -0.05) is 0 Å². The van der Waals surface area contributed by atoms with Crippen molar-refractivity contribution < 1.29 is 0 Å². The van der Waals surface area contributed by atoms with Crippen LogP contribution in [0.4, 0.5) is 5.82 Å². The first-order valence-corrected chi connectivity index (χ1v) is 5.53. The Hall–Kier alpha value is -1.16. The normalized spacial score (nSPS) is 26.3. The van der Waals surface area contributed by atoms with Crippen molar-refractivity contribution in [2.24, 2.45) is 0 Å². The number of nitrogens with one attached hydrogen (secondary N) is 2. The Labute approximate surface area is 90.5 Å². The van der Waals surface area contributed by atoms with Gasteiger partial charge in [0.05, 0.1) is 5.69 Å². The van der Waals surface area contributed by atoms with Crippen molar-refractivity contribution in [2.45, 2.75) is 38.8 Å². The summed E-state index contributed by atoms with van der Waals surface area (Å²) in [5, 5.41) is 6.90. The lowest BCUT2D eigenvalue weighted by molar-refractivity contribution is 0.395. The van der Waals surface area contributed by atoms with Crippen LogP contribution in [0, 0.1) is 6.92 Å². The molecular formula is C11H18N4. The second-order valence-electron chi connectivity index (χ2n) is 4.21. The van der Waals surface area contributed by atoms with Gasteiger partial charge in [-0.05, 0) is 33.2 Å². The molecule has 0 amide bonds. The van der Waals surface area contributed by atoms with Gasteiger partial charge in [-0.25, -0.2) is 4.98 Å². The molecular weight excluding hydrogens is 188 g/mol. The predicted octanol–water partition coefficient (Wildman–Crippen LogP) is 1.34. The number of rotatable bonds is 2. The topological polar surface area (TPSA) is 49.8 Å². The molecule has 0 bridgehead atoms. The highest BCUT2D eigenvalue weighted by Crippen LogP contribution is 2.15. The van der Waals surface area contributed by atoms with Gasteiger partial charge in [0, 0.05) is 24.5 Å². The summed E-state index contributed by atoms with van der Waals surface area (Å²) in [6.07, 6.45) is 5.77. The van der Waals surface area contributed by atoms with Crippen molar-refractivity contribution >= 4 is 5.82 Å². The van der Waals surface area contributed by atoms with Gasteiger partial charge in [0.2, 0.25) is 0 Å². The highest BCUT2D eigenvalue weighted by Gasteiger charge is 2.18. The Morgan fingerprint density at radius 1 is 1.40 bits per heavy atom. The molecule has 2 N–H and O–H groups in total. The van der Waals surface area contributed by atoms with Gasteiger partial charge in [0.1, 0.15) is 5.82 Å². The molecule has 1 saturated heterocycles. The van der Waals surface area contributed by atoms with Crippen LogP contribution >= 0.6 is 0 Å². The van der Waals surface area contributed by atoms with Crippen LogP contribution in [0.2, 0.25) is 0 Å². The van der Waals surface area contributed by atoms with Crippen LogP contribution in [-0.2, 0) is 0 Å². The van der Waals surface area contributed by atoms with Crippen molar-refractivity contribution in [2.75, 3.05) is 11.9 Å². The molecule has 1 aromatic heterocycles. The molecule has 2 unspecified atom stereocenters. The van der Waals surface area contributed by atoms with Crippen LogP contribution < -0.4 is 10.6 Å². The first kappa shape index (κ1) is 10.4. The number of piperidine rings is 1. The summed E-state index contributed by atoms with van der Waals surface area (Å²) in [5.74, 6) is 0.927. The van der Waals surface area contributed by atoms with Gasteiger partial charge in [-0.15, -0.1) is 0 Å². The molecule has 1 aliphatic rings. The zero-order valence-electron chi connectivity index (χ0n) is 9.33. The van der Waals surface area contributed by atoms with Crippen molar-refractivity contribution in [3.8, 4) is 0 Å². The fourth-order valence-corrected chi connectivity index (χ4v) is 2.01. The third kappa shape index (κ3) is 2.65. The fraction of sp³-hybridized carbons (Fsp3) is 0.636. The highest BCUT2D eigenvalue weighted by molar-refractivity contribution is 5.39. The Balaban J connectivity index is 1.99. The van der Waals surface area contributed by atoms with Crippen molar-refractivity contribution in [1.29, 1.82) is 0 Å². The van der Waals surface area contributed by atoms with Crippen molar-refractivity contribution in [3.63, 3.8) is 0 Å². The number of aromatic nitrogens is 2. The van der Waals surface area contributed by atoms with E-state index in [4.69, 9.17) is 0 Å². The number of aryl methyl sites for hydroxylation is 1. The van der Waals surface area contributed by atoms with Gasteiger partial charge in [-0.2, -0.15) is 0 Å². The first-order chi connectivity index (χ1) is 7.25. The minimum absolute atomic E-state index is 0.525. The molecule has 0 radical (unpaired) electrons. The predicted molar refractivity (Wildman–Crippen MR) is 60.9 cm³/mol. The van der Waals surface area contributed by atoms with Crippen LogP contribution in [0.5, 0.6) is 0 Å². The van der Waals surface area contributed by atoms with Gasteiger partial charge in [-0.3, -0.25) is 4.98 Å². The molecule has 2 atom stereocenters. The van der Waals surface area contributed by atoms with Gasteiger partial charge >= 0.3 is 0 Å². The van der Waals surface area contributed by atoms with Gasteiger partial charge < -0.3 is 10.6 Å². The molecule has 1 fully saturated rings. The lowest BCUT2D eigenvalue weighted by Crippen LogP contribution is -2.41. The third-order valence-corrected chi connectivity index (χ3v) is 2.85. The summed E-state index contributed by atoms with van der Waals surface area (Å²) in [4.78, 5) is 8.53. The second-order valence-corrected chi connectivity index (χ2v) is 4.21. The molecule has 4 nitrogen and oxygen atoms in total. The molecule has 15 heavy (non-hydrogen) atoms. The standard InChI is InChI=1S/C11H18N4/c1-8-7-10(3-4-12-8)15-11-9(2)13-5-6-14-11/h5-6,8,10,12H,3-4,7H2,1-2H3,(H,14,15). The van der Waals surface area contributed by atoms with Crippen LogP contribution in [0.3, 0.4) is 0 Å². The molecule has 0 aromatic carbocycles. The minimum Gasteiger partial charge on any atom is -0.366 e. The van der Waals surface area contributed by atoms with Crippen LogP contribution in [0.25, 0.3) is 0 Å². The largest absolute Gasteiger partial charge is 0.366 e. The summed E-state index contributed by atoms with van der Waals surface area (Å²) < 4.78 is 0. The van der Waals surface area contributed by atoms with Gasteiger partial charge in [0.25, 0.3) is 0 Å². The van der Waals surface area contributed by atoms with Crippen LogP contribution in [0.15, 0.2) is 12.4 Å². The van der Waals surface area contributed by atoms with Crippen LogP contribution in [0.1, 0.15) is 25.5 Å². The van der Waals surface area contributed by atoms with E-state index in [2.05, 4.69) is 27.5 Å².